The number of hydrogen-bond acceptors (Lipinski definition) is 6. The number of carbonyl (C=O) groups excluding carboxylic acids is 2. The van der Waals surface area contributed by atoms with Crippen molar-refractivity contribution in [3.05, 3.63) is 135 Å². The Morgan fingerprint density at radius 2 is 1.54 bits per heavy atom. The number of sulfonamides is 1. The van der Waals surface area contributed by atoms with Crippen LogP contribution in [0.1, 0.15) is 31.4 Å². The topological polar surface area (TPSA) is 130 Å². The summed E-state index contributed by atoms with van der Waals surface area (Å²) in [6.07, 6.45) is 0.791. The molecule has 2 unspecified atom stereocenters. The number of nitro groups is 1. The summed E-state index contributed by atoms with van der Waals surface area (Å²) in [4.78, 5) is 40.6. The number of non-ortho nitro benzene ring substituents is 1. The van der Waals surface area contributed by atoms with Crippen LogP contribution in [0.25, 0.3) is 0 Å². The predicted octanol–water partition coefficient (Wildman–Crippen LogP) is 6.00. The Morgan fingerprint density at radius 1 is 0.913 bits per heavy atom. The summed E-state index contributed by atoms with van der Waals surface area (Å²) in [5, 5.41) is 15.0. The van der Waals surface area contributed by atoms with Crippen molar-refractivity contribution in [3.8, 4) is 0 Å². The van der Waals surface area contributed by atoms with Crippen LogP contribution < -0.4 is 9.62 Å². The van der Waals surface area contributed by atoms with Crippen molar-refractivity contribution in [1.82, 2.24) is 10.2 Å². The molecule has 2 atom stereocenters. The number of nitro benzene ring substituents is 1. The molecule has 240 valence electrons. The predicted molar refractivity (Wildman–Crippen MR) is 178 cm³/mol. The molecule has 4 aromatic rings. The standard InChI is InChI=1S/C34H35ClN4O6S/c1-3-25(2)36-34(41)32(21-26-13-6-4-7-14-26)37(23-27-15-10-11-20-31(27)35)33(40)24-38(28-16-12-17-29(22-28)39(42)43)46(44,45)30-18-8-5-9-19-30/h4-20,22,25,32H,3,21,23-24H2,1-2H3,(H,36,41). The fourth-order valence-electron chi connectivity index (χ4n) is 4.82. The maximum absolute atomic E-state index is 14.5. The second-order valence-corrected chi connectivity index (χ2v) is 13.0. The summed E-state index contributed by atoms with van der Waals surface area (Å²) in [7, 11) is -4.40. The van der Waals surface area contributed by atoms with Crippen LogP contribution in [0.4, 0.5) is 11.4 Å². The van der Waals surface area contributed by atoms with Crippen molar-refractivity contribution in [1.29, 1.82) is 0 Å². The Labute approximate surface area is 273 Å². The van der Waals surface area contributed by atoms with Crippen LogP contribution in [-0.4, -0.2) is 48.7 Å². The average molecular weight is 663 g/mol. The van der Waals surface area contributed by atoms with E-state index in [2.05, 4.69) is 5.32 Å². The highest BCUT2D eigenvalue weighted by Gasteiger charge is 2.35. The Morgan fingerprint density at radius 3 is 2.17 bits per heavy atom. The number of amides is 2. The first-order valence-electron chi connectivity index (χ1n) is 14.7. The summed E-state index contributed by atoms with van der Waals surface area (Å²) in [5.74, 6) is -1.11. The van der Waals surface area contributed by atoms with Gasteiger partial charge in [-0.15, -0.1) is 0 Å². The molecule has 0 saturated heterocycles. The molecule has 0 aliphatic carbocycles. The molecule has 0 bridgehead atoms. The Kier molecular flexibility index (Phi) is 11.5. The molecule has 4 aromatic carbocycles. The van der Waals surface area contributed by atoms with Crippen LogP contribution in [0.5, 0.6) is 0 Å². The van der Waals surface area contributed by atoms with Gasteiger partial charge in [0.15, 0.2) is 0 Å². The Balaban J connectivity index is 1.84. The largest absolute Gasteiger partial charge is 0.352 e. The molecule has 0 spiro atoms. The van der Waals surface area contributed by atoms with Gasteiger partial charge in [0.05, 0.1) is 15.5 Å². The van der Waals surface area contributed by atoms with Gasteiger partial charge in [0.1, 0.15) is 12.6 Å². The minimum absolute atomic E-state index is 0.0761. The van der Waals surface area contributed by atoms with E-state index in [0.717, 1.165) is 15.9 Å². The van der Waals surface area contributed by atoms with Crippen molar-refractivity contribution < 1.29 is 22.9 Å². The van der Waals surface area contributed by atoms with Crippen molar-refractivity contribution in [2.24, 2.45) is 0 Å². The maximum atomic E-state index is 14.5. The lowest BCUT2D eigenvalue weighted by Crippen LogP contribution is -2.54. The van der Waals surface area contributed by atoms with Crippen LogP contribution in [-0.2, 0) is 32.6 Å². The van der Waals surface area contributed by atoms with E-state index in [1.807, 2.05) is 44.2 Å². The first-order chi connectivity index (χ1) is 22.0. The highest BCUT2D eigenvalue weighted by molar-refractivity contribution is 7.92. The van der Waals surface area contributed by atoms with E-state index in [4.69, 9.17) is 11.6 Å². The molecule has 0 radical (unpaired) electrons. The van der Waals surface area contributed by atoms with Crippen LogP contribution in [0.3, 0.4) is 0 Å². The highest BCUT2D eigenvalue weighted by Crippen LogP contribution is 2.28. The lowest BCUT2D eigenvalue weighted by Gasteiger charge is -2.34. The third-order valence-corrected chi connectivity index (χ3v) is 9.67. The van der Waals surface area contributed by atoms with E-state index in [0.29, 0.717) is 17.0 Å². The second kappa shape index (κ2) is 15.5. The lowest BCUT2D eigenvalue weighted by molar-refractivity contribution is -0.384. The summed E-state index contributed by atoms with van der Waals surface area (Å²) < 4.78 is 28.9. The number of rotatable bonds is 14. The van der Waals surface area contributed by atoms with Crippen molar-refractivity contribution in [2.45, 2.75) is 50.2 Å². The molecule has 12 heteroatoms. The van der Waals surface area contributed by atoms with Gasteiger partial charge in [0.2, 0.25) is 11.8 Å². The minimum Gasteiger partial charge on any atom is -0.352 e. The summed E-state index contributed by atoms with van der Waals surface area (Å²) in [5.41, 5.74) is 0.921. The fraction of sp³-hybridized carbons (Fsp3) is 0.235. The summed E-state index contributed by atoms with van der Waals surface area (Å²) >= 11 is 6.52. The van der Waals surface area contributed by atoms with E-state index < -0.39 is 39.3 Å². The van der Waals surface area contributed by atoms with Crippen LogP contribution >= 0.6 is 11.6 Å². The van der Waals surface area contributed by atoms with Gasteiger partial charge >= 0.3 is 0 Å². The fourth-order valence-corrected chi connectivity index (χ4v) is 6.44. The number of nitrogens with one attached hydrogen (secondary N) is 1. The minimum atomic E-state index is -4.40. The first kappa shape index (κ1) is 34.1. The molecular formula is C34H35ClN4O6S. The molecule has 0 saturated carbocycles. The number of halogens is 1. The quantitative estimate of drug-likeness (QED) is 0.130. The van der Waals surface area contributed by atoms with E-state index in [9.17, 15) is 28.1 Å². The van der Waals surface area contributed by atoms with E-state index in [1.165, 1.54) is 35.2 Å². The summed E-state index contributed by atoms with van der Waals surface area (Å²) in [6.45, 7) is 2.94. The molecule has 0 aromatic heterocycles. The number of anilines is 1. The third-order valence-electron chi connectivity index (χ3n) is 7.51. The third kappa shape index (κ3) is 8.49. The Bertz CT molecular complexity index is 1770. The van der Waals surface area contributed by atoms with Gasteiger partial charge in [-0.05, 0) is 48.7 Å². The van der Waals surface area contributed by atoms with Gasteiger partial charge in [-0.1, -0.05) is 91.3 Å². The van der Waals surface area contributed by atoms with Crippen LogP contribution in [0, 0.1) is 10.1 Å². The zero-order valence-electron chi connectivity index (χ0n) is 25.5. The van der Waals surface area contributed by atoms with Gasteiger partial charge in [-0.3, -0.25) is 24.0 Å². The molecular weight excluding hydrogens is 628 g/mol. The van der Waals surface area contributed by atoms with E-state index >= 15 is 0 Å². The molecule has 0 fully saturated rings. The van der Waals surface area contributed by atoms with Gasteiger partial charge in [-0.25, -0.2) is 8.42 Å². The number of benzene rings is 4. The zero-order chi connectivity index (χ0) is 33.3. The number of hydrogen-bond donors (Lipinski definition) is 1. The monoisotopic (exact) mass is 662 g/mol. The molecule has 46 heavy (non-hydrogen) atoms. The molecule has 4 rings (SSSR count). The van der Waals surface area contributed by atoms with Crippen molar-refractivity contribution in [3.63, 3.8) is 0 Å². The summed E-state index contributed by atoms with van der Waals surface area (Å²) in [6, 6.07) is 27.4. The number of nitrogens with zero attached hydrogens (tertiary/aromatic N) is 3. The van der Waals surface area contributed by atoms with E-state index in [1.54, 1.807) is 42.5 Å². The molecule has 1 N–H and O–H groups in total. The smallest absolute Gasteiger partial charge is 0.271 e. The normalized spacial score (nSPS) is 12.5. The van der Waals surface area contributed by atoms with Gasteiger partial charge in [0, 0.05) is 36.2 Å². The van der Waals surface area contributed by atoms with E-state index in [-0.39, 0.29) is 35.3 Å². The van der Waals surface area contributed by atoms with Gasteiger partial charge < -0.3 is 10.2 Å². The number of carbonyl (C=O) groups is 2. The van der Waals surface area contributed by atoms with Crippen LogP contribution in [0.2, 0.25) is 5.02 Å². The zero-order valence-corrected chi connectivity index (χ0v) is 27.0. The van der Waals surface area contributed by atoms with Crippen molar-refractivity contribution in [2.75, 3.05) is 10.8 Å². The van der Waals surface area contributed by atoms with Gasteiger partial charge in [0.25, 0.3) is 15.7 Å². The van der Waals surface area contributed by atoms with Crippen LogP contribution in [0.15, 0.2) is 114 Å². The molecule has 0 aliphatic rings. The van der Waals surface area contributed by atoms with Crippen molar-refractivity contribution >= 4 is 44.8 Å². The average Bonchev–Trinajstić information content (AvgIpc) is 3.06. The highest BCUT2D eigenvalue weighted by atomic mass is 35.5. The molecule has 0 aliphatic heterocycles. The lowest BCUT2D eigenvalue weighted by atomic mass is 10.0. The first-order valence-corrected chi connectivity index (χ1v) is 16.5. The molecule has 10 nitrogen and oxygen atoms in total. The second-order valence-electron chi connectivity index (χ2n) is 10.7. The molecule has 2 amide bonds. The maximum Gasteiger partial charge on any atom is 0.271 e. The van der Waals surface area contributed by atoms with Gasteiger partial charge in [-0.2, -0.15) is 0 Å². The molecule has 0 heterocycles. The SMILES string of the molecule is CCC(C)NC(=O)C(Cc1ccccc1)N(Cc1ccccc1Cl)C(=O)CN(c1cccc([N+](=O)[O-])c1)S(=O)(=O)c1ccccc1. The Hall–Kier alpha value is -4.74.